The molecule has 2 heterocycles. The Labute approximate surface area is 218 Å². The second-order valence-corrected chi connectivity index (χ2v) is 9.48. The predicted molar refractivity (Wildman–Crippen MR) is 144 cm³/mol. The number of aliphatic hydroxyl groups is 1. The van der Waals surface area contributed by atoms with E-state index in [4.69, 9.17) is 0 Å². The van der Waals surface area contributed by atoms with Crippen molar-refractivity contribution in [2.24, 2.45) is 0 Å². The number of hydrogen-bond acceptors (Lipinski definition) is 7. The number of aromatic amines is 1. The third kappa shape index (κ3) is 4.05. The highest BCUT2D eigenvalue weighted by Crippen LogP contribution is 2.42. The molecule has 1 amide bonds. The summed E-state index contributed by atoms with van der Waals surface area (Å²) in [5.74, 6) is -2.12. The van der Waals surface area contributed by atoms with E-state index in [2.05, 4.69) is 9.97 Å². The fourth-order valence-corrected chi connectivity index (χ4v) is 4.61. The molecular formula is C28H25N5O5. The van der Waals surface area contributed by atoms with Crippen LogP contribution in [0.5, 0.6) is 0 Å². The van der Waals surface area contributed by atoms with Crippen LogP contribution in [-0.2, 0) is 9.59 Å². The number of non-ortho nitro benzene ring substituents is 1. The number of ketones is 1. The predicted octanol–water partition coefficient (Wildman–Crippen LogP) is 4.78. The molecule has 0 aliphatic carbocycles. The Hall–Kier alpha value is -4.99. The molecule has 0 spiro atoms. The number of Topliss-reactive ketones (excluding diaryl/α,β-unsaturated/α-hetero) is 1. The third-order valence-corrected chi connectivity index (χ3v) is 6.81. The Morgan fingerprint density at radius 3 is 2.39 bits per heavy atom. The summed E-state index contributed by atoms with van der Waals surface area (Å²) in [6.07, 6.45) is 0. The van der Waals surface area contributed by atoms with E-state index < -0.39 is 28.4 Å². The van der Waals surface area contributed by atoms with Gasteiger partial charge in [0.15, 0.2) is 0 Å². The zero-order valence-corrected chi connectivity index (χ0v) is 21.2. The van der Waals surface area contributed by atoms with E-state index in [1.165, 1.54) is 29.2 Å². The van der Waals surface area contributed by atoms with Gasteiger partial charge in [-0.3, -0.25) is 24.6 Å². The van der Waals surface area contributed by atoms with Crippen LogP contribution < -0.4 is 9.80 Å². The maximum atomic E-state index is 13.5. The van der Waals surface area contributed by atoms with E-state index in [0.29, 0.717) is 16.6 Å². The Balaban J connectivity index is 1.73. The van der Waals surface area contributed by atoms with Crippen LogP contribution in [0, 0.1) is 24.0 Å². The number of nitrogens with zero attached hydrogens (tertiary/aromatic N) is 4. The van der Waals surface area contributed by atoms with Crippen molar-refractivity contribution < 1.29 is 19.6 Å². The molecule has 38 heavy (non-hydrogen) atoms. The number of nitro benzene ring substituents is 1. The summed E-state index contributed by atoms with van der Waals surface area (Å²) >= 11 is 0. The summed E-state index contributed by atoms with van der Waals surface area (Å²) in [7, 11) is 3.78. The highest BCUT2D eigenvalue weighted by atomic mass is 16.6. The van der Waals surface area contributed by atoms with Crippen molar-refractivity contribution in [1.82, 2.24) is 9.97 Å². The van der Waals surface area contributed by atoms with Gasteiger partial charge in [-0.2, -0.15) is 0 Å². The van der Waals surface area contributed by atoms with Crippen LogP contribution >= 0.6 is 0 Å². The minimum atomic E-state index is -1.02. The smallest absolute Gasteiger partial charge is 0.302 e. The van der Waals surface area contributed by atoms with E-state index in [1.54, 1.807) is 12.1 Å². The van der Waals surface area contributed by atoms with Gasteiger partial charge in [0.2, 0.25) is 5.95 Å². The van der Waals surface area contributed by atoms with Crippen molar-refractivity contribution in [3.63, 3.8) is 0 Å². The van der Waals surface area contributed by atoms with Crippen LogP contribution in [0.15, 0.2) is 66.2 Å². The van der Waals surface area contributed by atoms with Gasteiger partial charge in [0.05, 0.1) is 27.6 Å². The number of nitrogens with one attached hydrogen (secondary N) is 1. The first-order valence-corrected chi connectivity index (χ1v) is 11.9. The van der Waals surface area contributed by atoms with Crippen LogP contribution in [0.25, 0.3) is 16.8 Å². The molecule has 0 radical (unpaired) electrons. The van der Waals surface area contributed by atoms with Crippen LogP contribution in [-0.4, -0.2) is 45.8 Å². The summed E-state index contributed by atoms with van der Waals surface area (Å²) in [4.78, 5) is 48.5. The summed E-state index contributed by atoms with van der Waals surface area (Å²) < 4.78 is 0. The number of carbonyl (C=O) groups is 2. The van der Waals surface area contributed by atoms with Crippen molar-refractivity contribution in [2.45, 2.75) is 19.9 Å². The van der Waals surface area contributed by atoms with E-state index in [-0.39, 0.29) is 22.8 Å². The number of aryl methyl sites for hydroxylation is 2. The SMILES string of the molecule is Cc1cc2nc(N3C(=O)C(=O)/C(=C(/O)c4cccc([N+](=O)[O-])c4)C3c3ccc(N(C)C)cc3)[nH]c2cc1C. The van der Waals surface area contributed by atoms with Gasteiger partial charge in [-0.15, -0.1) is 0 Å². The fraction of sp³-hybridized carbons (Fsp3) is 0.179. The number of amides is 1. The molecule has 0 bridgehead atoms. The lowest BCUT2D eigenvalue weighted by Gasteiger charge is -2.23. The maximum Gasteiger partial charge on any atom is 0.302 e. The Bertz CT molecular complexity index is 1610. The van der Waals surface area contributed by atoms with Gasteiger partial charge in [0, 0.05) is 37.5 Å². The fourth-order valence-electron chi connectivity index (χ4n) is 4.61. The summed E-state index contributed by atoms with van der Waals surface area (Å²) in [5, 5.41) is 22.6. The molecule has 10 nitrogen and oxygen atoms in total. The molecule has 192 valence electrons. The summed E-state index contributed by atoms with van der Waals surface area (Å²) in [5.41, 5.74) is 4.49. The number of nitro groups is 1. The van der Waals surface area contributed by atoms with Gasteiger partial charge in [-0.05, 0) is 54.8 Å². The standard InChI is InChI=1S/C28H25N5O5/c1-15-12-21-22(13-16(15)2)30-28(29-21)32-24(17-8-10-19(11-9-17)31(3)4)23(26(35)27(32)36)25(34)18-6-5-7-20(14-18)33(37)38/h5-14,24,34H,1-4H3,(H,29,30)/b25-23+. The number of anilines is 2. The molecule has 1 aliphatic rings. The highest BCUT2D eigenvalue weighted by Gasteiger charge is 2.48. The van der Waals surface area contributed by atoms with E-state index in [9.17, 15) is 24.8 Å². The minimum absolute atomic E-state index is 0.0583. The largest absolute Gasteiger partial charge is 0.507 e. The molecule has 5 rings (SSSR count). The number of hydrogen-bond donors (Lipinski definition) is 2. The van der Waals surface area contributed by atoms with E-state index in [1.807, 2.05) is 57.1 Å². The van der Waals surface area contributed by atoms with Crippen molar-refractivity contribution in [2.75, 3.05) is 23.9 Å². The van der Waals surface area contributed by atoms with E-state index >= 15 is 0 Å². The first kappa shape index (κ1) is 24.7. The van der Waals surface area contributed by atoms with Crippen LogP contribution in [0.1, 0.15) is 28.3 Å². The molecule has 1 aromatic heterocycles. The van der Waals surface area contributed by atoms with Crippen LogP contribution in [0.4, 0.5) is 17.3 Å². The van der Waals surface area contributed by atoms with Crippen LogP contribution in [0.3, 0.4) is 0 Å². The van der Waals surface area contributed by atoms with E-state index in [0.717, 1.165) is 16.8 Å². The van der Waals surface area contributed by atoms with Gasteiger partial charge in [-0.1, -0.05) is 24.3 Å². The number of H-pyrrole nitrogens is 1. The normalized spacial score (nSPS) is 16.8. The number of aliphatic hydroxyl groups excluding tert-OH is 1. The molecule has 1 atom stereocenters. The molecule has 0 saturated carbocycles. The monoisotopic (exact) mass is 511 g/mol. The Morgan fingerprint density at radius 1 is 1.05 bits per heavy atom. The second-order valence-electron chi connectivity index (χ2n) is 9.48. The maximum absolute atomic E-state index is 13.5. The Kier molecular flexibility index (Phi) is 5.94. The average Bonchev–Trinajstić information content (AvgIpc) is 3.41. The molecule has 2 N–H and O–H groups in total. The molecule has 1 fully saturated rings. The second kappa shape index (κ2) is 9.15. The molecule has 1 unspecified atom stereocenters. The average molecular weight is 512 g/mol. The number of fused-ring (bicyclic) bond motifs is 1. The number of imidazole rings is 1. The van der Waals surface area contributed by atoms with Gasteiger partial charge in [-0.25, -0.2) is 4.98 Å². The zero-order valence-electron chi connectivity index (χ0n) is 21.2. The highest BCUT2D eigenvalue weighted by molar-refractivity contribution is 6.51. The molecule has 1 saturated heterocycles. The number of carbonyl (C=O) groups excluding carboxylic acids is 2. The van der Waals surface area contributed by atoms with Gasteiger partial charge in [0.1, 0.15) is 5.76 Å². The van der Waals surface area contributed by atoms with Crippen molar-refractivity contribution in [1.29, 1.82) is 0 Å². The topological polar surface area (TPSA) is 133 Å². The first-order valence-electron chi connectivity index (χ1n) is 11.9. The molecule has 3 aromatic carbocycles. The lowest BCUT2D eigenvalue weighted by molar-refractivity contribution is -0.384. The summed E-state index contributed by atoms with van der Waals surface area (Å²) in [6, 6.07) is 15.3. The zero-order chi connectivity index (χ0) is 27.3. The Morgan fingerprint density at radius 2 is 1.74 bits per heavy atom. The lowest BCUT2D eigenvalue weighted by Crippen LogP contribution is -2.30. The summed E-state index contributed by atoms with van der Waals surface area (Å²) in [6.45, 7) is 3.92. The van der Waals surface area contributed by atoms with Gasteiger partial charge in [0.25, 0.3) is 11.5 Å². The number of aromatic nitrogens is 2. The molecule has 4 aromatic rings. The quantitative estimate of drug-likeness (QED) is 0.130. The van der Waals surface area contributed by atoms with Crippen molar-refractivity contribution in [3.05, 3.63) is 98.6 Å². The van der Waals surface area contributed by atoms with Crippen molar-refractivity contribution in [3.8, 4) is 0 Å². The van der Waals surface area contributed by atoms with Gasteiger partial charge < -0.3 is 15.0 Å². The first-order chi connectivity index (χ1) is 18.1. The third-order valence-electron chi connectivity index (χ3n) is 6.81. The molecule has 1 aliphatic heterocycles. The number of benzene rings is 3. The number of rotatable bonds is 5. The molecular weight excluding hydrogens is 486 g/mol. The van der Waals surface area contributed by atoms with Crippen LogP contribution in [0.2, 0.25) is 0 Å². The van der Waals surface area contributed by atoms with Gasteiger partial charge >= 0.3 is 5.91 Å². The lowest BCUT2D eigenvalue weighted by atomic mass is 9.95. The van der Waals surface area contributed by atoms with Crippen molar-refractivity contribution >= 4 is 45.8 Å². The minimum Gasteiger partial charge on any atom is -0.507 e. The molecule has 10 heteroatoms.